The number of benzene rings is 1. The molecule has 1 aromatic carbocycles. The molecule has 1 aliphatic rings. The number of aliphatic hydroxyl groups is 1. The van der Waals surface area contributed by atoms with Gasteiger partial charge in [-0.05, 0) is 44.0 Å². The lowest BCUT2D eigenvalue weighted by Gasteiger charge is -2.25. The highest BCUT2D eigenvalue weighted by molar-refractivity contribution is 5.95. The first kappa shape index (κ1) is 17.4. The van der Waals surface area contributed by atoms with Crippen molar-refractivity contribution in [1.29, 1.82) is 0 Å². The number of pyridine rings is 1. The Kier molecular flexibility index (Phi) is 4.99. The summed E-state index contributed by atoms with van der Waals surface area (Å²) in [6, 6.07) is 8.98. The molecular formula is C19H21FN2O3. The minimum atomic E-state index is -0.604. The third-order valence-electron chi connectivity index (χ3n) is 4.13. The number of hydrogen-bond acceptors (Lipinski definition) is 4. The van der Waals surface area contributed by atoms with E-state index < -0.39 is 6.10 Å². The second kappa shape index (κ2) is 7.19. The summed E-state index contributed by atoms with van der Waals surface area (Å²) >= 11 is 0. The van der Waals surface area contributed by atoms with Gasteiger partial charge in [0, 0.05) is 24.4 Å². The van der Waals surface area contributed by atoms with Crippen molar-refractivity contribution in [2.24, 2.45) is 0 Å². The Morgan fingerprint density at radius 1 is 1.32 bits per heavy atom. The lowest BCUT2D eigenvalue weighted by molar-refractivity contribution is 0.0715. The van der Waals surface area contributed by atoms with Crippen LogP contribution in [0, 0.1) is 5.82 Å². The van der Waals surface area contributed by atoms with Gasteiger partial charge in [-0.1, -0.05) is 12.1 Å². The van der Waals surface area contributed by atoms with Crippen molar-refractivity contribution in [2.75, 3.05) is 6.54 Å². The summed E-state index contributed by atoms with van der Waals surface area (Å²) in [6.45, 7) is 4.01. The highest BCUT2D eigenvalue weighted by Crippen LogP contribution is 2.33. The van der Waals surface area contributed by atoms with Crippen LogP contribution in [0.4, 0.5) is 4.39 Å². The molecule has 0 bridgehead atoms. The van der Waals surface area contributed by atoms with Gasteiger partial charge in [-0.3, -0.25) is 4.79 Å². The first-order chi connectivity index (χ1) is 11.9. The minimum absolute atomic E-state index is 0.0431. The van der Waals surface area contributed by atoms with Crippen LogP contribution in [-0.4, -0.2) is 39.7 Å². The summed E-state index contributed by atoms with van der Waals surface area (Å²) < 4.78 is 18.7. The number of nitrogens with zero attached hydrogens (tertiary/aromatic N) is 2. The fourth-order valence-corrected chi connectivity index (χ4v) is 3.05. The van der Waals surface area contributed by atoms with Gasteiger partial charge in [0.15, 0.2) is 0 Å². The molecule has 1 aromatic heterocycles. The average molecular weight is 344 g/mol. The van der Waals surface area contributed by atoms with E-state index in [0.717, 1.165) is 5.56 Å². The molecule has 6 heteroatoms. The predicted molar refractivity (Wildman–Crippen MR) is 90.8 cm³/mol. The second-order valence-electron chi connectivity index (χ2n) is 6.46. The summed E-state index contributed by atoms with van der Waals surface area (Å²) in [5.41, 5.74) is 1.26. The number of hydrogen-bond donors (Lipinski definition) is 1. The molecule has 0 radical (unpaired) electrons. The maximum atomic E-state index is 13.2. The number of likely N-dealkylation sites (tertiary alicyclic amines) is 1. The summed E-state index contributed by atoms with van der Waals surface area (Å²) in [6.07, 6.45) is 1.31. The number of aromatic nitrogens is 1. The number of amides is 1. The van der Waals surface area contributed by atoms with E-state index in [9.17, 15) is 14.3 Å². The fourth-order valence-electron chi connectivity index (χ4n) is 3.05. The molecule has 1 fully saturated rings. The minimum Gasteiger partial charge on any atom is -0.475 e. The van der Waals surface area contributed by atoms with Gasteiger partial charge in [-0.25, -0.2) is 9.37 Å². The first-order valence-electron chi connectivity index (χ1n) is 8.31. The first-order valence-corrected chi connectivity index (χ1v) is 8.31. The van der Waals surface area contributed by atoms with Gasteiger partial charge < -0.3 is 14.7 Å². The molecule has 5 nitrogen and oxygen atoms in total. The van der Waals surface area contributed by atoms with Crippen LogP contribution in [0.3, 0.4) is 0 Å². The van der Waals surface area contributed by atoms with E-state index in [-0.39, 0.29) is 30.4 Å². The number of β-amino-alcohol motifs (C(OH)–C–C–N with tert-alkyl or cyclic N) is 1. The Balaban J connectivity index is 1.85. The molecule has 1 amide bonds. The summed E-state index contributed by atoms with van der Waals surface area (Å²) in [5.74, 6) is -0.148. The number of halogens is 1. The smallest absolute Gasteiger partial charge is 0.254 e. The summed E-state index contributed by atoms with van der Waals surface area (Å²) in [4.78, 5) is 18.7. The summed E-state index contributed by atoms with van der Waals surface area (Å²) in [5, 5.41) is 10.1. The number of aliphatic hydroxyl groups excluding tert-OH is 1. The van der Waals surface area contributed by atoms with Gasteiger partial charge >= 0.3 is 0 Å². The maximum absolute atomic E-state index is 13.2. The Labute approximate surface area is 146 Å². The highest BCUT2D eigenvalue weighted by atomic mass is 19.1. The molecule has 2 atom stereocenters. The summed E-state index contributed by atoms with van der Waals surface area (Å²) in [7, 11) is 0. The Bertz CT molecular complexity index is 749. The lowest BCUT2D eigenvalue weighted by atomic mass is 10.0. The largest absolute Gasteiger partial charge is 0.475 e. The molecule has 1 saturated heterocycles. The van der Waals surface area contributed by atoms with Crippen molar-refractivity contribution in [2.45, 2.75) is 38.5 Å². The van der Waals surface area contributed by atoms with Crippen molar-refractivity contribution in [3.63, 3.8) is 0 Å². The Hall–Kier alpha value is -2.47. The second-order valence-corrected chi connectivity index (χ2v) is 6.46. The van der Waals surface area contributed by atoms with E-state index in [2.05, 4.69) is 4.98 Å². The molecule has 132 valence electrons. The van der Waals surface area contributed by atoms with E-state index in [1.54, 1.807) is 29.2 Å². The topological polar surface area (TPSA) is 62.7 Å². The maximum Gasteiger partial charge on any atom is 0.254 e. The van der Waals surface area contributed by atoms with Gasteiger partial charge in [0.25, 0.3) is 5.91 Å². The lowest BCUT2D eigenvalue weighted by Crippen LogP contribution is -2.31. The molecule has 2 unspecified atom stereocenters. The fraction of sp³-hybridized carbons (Fsp3) is 0.368. The van der Waals surface area contributed by atoms with Crippen LogP contribution in [0.15, 0.2) is 42.6 Å². The zero-order valence-corrected chi connectivity index (χ0v) is 14.2. The number of ether oxygens (including phenoxy) is 1. The quantitative estimate of drug-likeness (QED) is 0.926. The Morgan fingerprint density at radius 3 is 2.72 bits per heavy atom. The standard InChI is InChI=1S/C19H21FN2O3/c1-12(2)25-18-9-14(7-8-21-18)19(24)22-11-16(23)10-17(22)13-3-5-15(20)6-4-13/h3-9,12,16-17,23H,10-11H2,1-2H3. The van der Waals surface area contributed by atoms with Gasteiger partial charge in [-0.2, -0.15) is 0 Å². The van der Waals surface area contributed by atoms with E-state index >= 15 is 0 Å². The van der Waals surface area contributed by atoms with Crippen molar-refractivity contribution >= 4 is 5.91 Å². The van der Waals surface area contributed by atoms with Crippen molar-refractivity contribution in [3.05, 3.63) is 59.5 Å². The molecule has 25 heavy (non-hydrogen) atoms. The van der Waals surface area contributed by atoms with Crippen LogP contribution in [0.5, 0.6) is 5.88 Å². The molecule has 0 saturated carbocycles. The monoisotopic (exact) mass is 344 g/mol. The molecule has 1 aliphatic heterocycles. The molecule has 0 aliphatic carbocycles. The normalized spacial score (nSPS) is 20.1. The number of carbonyl (C=O) groups excluding carboxylic acids is 1. The molecule has 2 heterocycles. The Morgan fingerprint density at radius 2 is 2.04 bits per heavy atom. The zero-order valence-electron chi connectivity index (χ0n) is 14.2. The van der Waals surface area contributed by atoms with Crippen LogP contribution < -0.4 is 4.74 Å². The molecule has 3 rings (SSSR count). The van der Waals surface area contributed by atoms with E-state index in [4.69, 9.17) is 4.74 Å². The van der Waals surface area contributed by atoms with Gasteiger partial charge in [0.05, 0.1) is 18.2 Å². The molecule has 1 N–H and O–H groups in total. The predicted octanol–water partition coefficient (Wildman–Crippen LogP) is 2.96. The van der Waals surface area contributed by atoms with Crippen molar-refractivity contribution in [1.82, 2.24) is 9.88 Å². The number of carbonyl (C=O) groups is 1. The molecule has 0 spiro atoms. The van der Waals surface area contributed by atoms with E-state index in [1.807, 2.05) is 13.8 Å². The van der Waals surface area contributed by atoms with E-state index in [1.165, 1.54) is 18.3 Å². The van der Waals surface area contributed by atoms with Crippen LogP contribution in [0.25, 0.3) is 0 Å². The number of rotatable bonds is 4. The zero-order chi connectivity index (χ0) is 18.0. The van der Waals surface area contributed by atoms with Crippen LogP contribution in [0.1, 0.15) is 42.2 Å². The van der Waals surface area contributed by atoms with Gasteiger partial charge in [-0.15, -0.1) is 0 Å². The van der Waals surface area contributed by atoms with Crippen LogP contribution >= 0.6 is 0 Å². The van der Waals surface area contributed by atoms with Gasteiger partial charge in [0.2, 0.25) is 5.88 Å². The average Bonchev–Trinajstić information content (AvgIpc) is 2.96. The third-order valence-corrected chi connectivity index (χ3v) is 4.13. The SMILES string of the molecule is CC(C)Oc1cc(C(=O)N2CC(O)CC2c2ccc(F)cc2)ccn1. The van der Waals surface area contributed by atoms with Crippen LogP contribution in [-0.2, 0) is 0 Å². The van der Waals surface area contributed by atoms with Gasteiger partial charge in [0.1, 0.15) is 5.82 Å². The molecule has 2 aromatic rings. The van der Waals surface area contributed by atoms with Crippen molar-refractivity contribution < 1.29 is 19.0 Å². The van der Waals surface area contributed by atoms with E-state index in [0.29, 0.717) is 17.9 Å². The highest BCUT2D eigenvalue weighted by Gasteiger charge is 2.35. The van der Waals surface area contributed by atoms with Crippen LogP contribution in [0.2, 0.25) is 0 Å². The third kappa shape index (κ3) is 3.96. The van der Waals surface area contributed by atoms with Crippen molar-refractivity contribution in [3.8, 4) is 5.88 Å². The molecular weight excluding hydrogens is 323 g/mol.